The van der Waals surface area contributed by atoms with Crippen molar-refractivity contribution in [3.05, 3.63) is 48.0 Å². The van der Waals surface area contributed by atoms with Gasteiger partial charge < -0.3 is 19.5 Å². The van der Waals surface area contributed by atoms with Crippen LogP contribution in [0, 0.1) is 5.92 Å². The summed E-state index contributed by atoms with van der Waals surface area (Å²) >= 11 is 0. The highest BCUT2D eigenvalue weighted by Crippen LogP contribution is 2.47. The number of piperidine rings is 1. The minimum Gasteiger partial charge on any atom is -0.427 e. The number of benzene rings is 2. The first kappa shape index (κ1) is 23.6. The normalized spacial score (nSPS) is 19.1. The molecule has 0 spiro atoms. The van der Waals surface area contributed by atoms with Gasteiger partial charge in [0, 0.05) is 49.3 Å². The molecule has 5 heteroatoms. The van der Waals surface area contributed by atoms with Crippen LogP contribution in [-0.4, -0.2) is 36.7 Å². The van der Waals surface area contributed by atoms with E-state index in [1.165, 1.54) is 91.7 Å². The topological polar surface area (TPSA) is 46.5 Å². The van der Waals surface area contributed by atoms with E-state index in [4.69, 9.17) is 4.74 Å². The first-order valence-corrected chi connectivity index (χ1v) is 14.1. The van der Waals surface area contributed by atoms with Gasteiger partial charge in [-0.05, 0) is 80.8 Å². The van der Waals surface area contributed by atoms with E-state index in [1.54, 1.807) is 0 Å². The van der Waals surface area contributed by atoms with Crippen molar-refractivity contribution in [2.45, 2.75) is 70.8 Å². The molecule has 5 nitrogen and oxygen atoms in total. The third-order valence-corrected chi connectivity index (χ3v) is 8.71. The Morgan fingerprint density at radius 1 is 1.00 bits per heavy atom. The number of hydrogen-bond donors (Lipinski definition) is 1. The molecule has 2 fully saturated rings. The Hall–Kier alpha value is -2.79. The molecule has 190 valence electrons. The van der Waals surface area contributed by atoms with Gasteiger partial charge in [0.1, 0.15) is 5.75 Å². The number of para-hydroxylation sites is 1. The Kier molecular flexibility index (Phi) is 6.75. The minimum atomic E-state index is -0.265. The Morgan fingerprint density at radius 2 is 1.81 bits per heavy atom. The van der Waals surface area contributed by atoms with Gasteiger partial charge in [-0.25, -0.2) is 0 Å². The van der Waals surface area contributed by atoms with Gasteiger partial charge in [0.2, 0.25) is 0 Å². The number of hydrogen-bond acceptors (Lipinski definition) is 4. The first-order chi connectivity index (χ1) is 17.7. The van der Waals surface area contributed by atoms with Crippen molar-refractivity contribution in [1.29, 1.82) is 0 Å². The zero-order valence-corrected chi connectivity index (χ0v) is 21.6. The lowest BCUT2D eigenvalue weighted by molar-refractivity contribution is -0.131. The molecule has 3 aromatic rings. The van der Waals surface area contributed by atoms with E-state index in [0.29, 0.717) is 11.7 Å². The van der Waals surface area contributed by atoms with Crippen LogP contribution in [0.2, 0.25) is 0 Å². The van der Waals surface area contributed by atoms with Crippen molar-refractivity contribution in [3.8, 4) is 17.0 Å². The Bertz CT molecular complexity index is 1230. The number of fused-ring (bicyclic) bond motifs is 5. The number of carbonyl (C=O) groups excluding carboxylic acids is 1. The SMILES string of the molecule is CC(=O)Oc1ccc2c(C3CCCCC3)c3n(c2c1)CCN(CCC1CCNCC1)c1ccccc1-3. The minimum absolute atomic E-state index is 0.265. The molecule has 0 unspecified atom stereocenters. The second-order valence-electron chi connectivity index (χ2n) is 11.0. The lowest BCUT2D eigenvalue weighted by Crippen LogP contribution is -2.32. The zero-order chi connectivity index (χ0) is 24.5. The van der Waals surface area contributed by atoms with Gasteiger partial charge >= 0.3 is 5.97 Å². The average molecular weight is 486 g/mol. The van der Waals surface area contributed by atoms with Gasteiger partial charge in [-0.3, -0.25) is 4.79 Å². The molecule has 1 aromatic heterocycles. The summed E-state index contributed by atoms with van der Waals surface area (Å²) in [5.41, 5.74) is 6.87. The van der Waals surface area contributed by atoms with E-state index < -0.39 is 0 Å². The molecule has 0 amide bonds. The summed E-state index contributed by atoms with van der Waals surface area (Å²) in [5, 5.41) is 4.85. The summed E-state index contributed by atoms with van der Waals surface area (Å²) in [7, 11) is 0. The van der Waals surface area contributed by atoms with Crippen LogP contribution < -0.4 is 15.0 Å². The quantitative estimate of drug-likeness (QED) is 0.331. The highest BCUT2D eigenvalue weighted by molar-refractivity contribution is 5.96. The number of carbonyl (C=O) groups is 1. The van der Waals surface area contributed by atoms with Crippen LogP contribution in [-0.2, 0) is 11.3 Å². The molecular weight excluding hydrogens is 446 g/mol. The molecule has 2 aromatic carbocycles. The second-order valence-corrected chi connectivity index (χ2v) is 11.0. The maximum Gasteiger partial charge on any atom is 0.308 e. The maximum atomic E-state index is 11.7. The summed E-state index contributed by atoms with van der Waals surface area (Å²) in [6.45, 7) is 6.86. The van der Waals surface area contributed by atoms with Crippen molar-refractivity contribution in [1.82, 2.24) is 9.88 Å². The molecule has 3 aliphatic rings. The molecule has 6 rings (SSSR count). The van der Waals surface area contributed by atoms with Gasteiger partial charge in [-0.2, -0.15) is 0 Å². The van der Waals surface area contributed by atoms with Crippen LogP contribution in [0.3, 0.4) is 0 Å². The van der Waals surface area contributed by atoms with Crippen molar-refractivity contribution in [2.75, 3.05) is 31.1 Å². The van der Waals surface area contributed by atoms with Gasteiger partial charge in [0.15, 0.2) is 0 Å². The van der Waals surface area contributed by atoms with Crippen molar-refractivity contribution >= 4 is 22.6 Å². The molecule has 3 heterocycles. The van der Waals surface area contributed by atoms with Crippen LogP contribution in [0.4, 0.5) is 5.69 Å². The fourth-order valence-corrected chi connectivity index (χ4v) is 6.94. The third-order valence-electron chi connectivity index (χ3n) is 8.71. The zero-order valence-electron chi connectivity index (χ0n) is 21.6. The van der Waals surface area contributed by atoms with Crippen LogP contribution >= 0.6 is 0 Å². The Balaban J connectivity index is 1.45. The van der Waals surface area contributed by atoms with Crippen LogP contribution in [0.25, 0.3) is 22.2 Å². The number of rotatable bonds is 5. The lowest BCUT2D eigenvalue weighted by atomic mass is 9.81. The van der Waals surface area contributed by atoms with Gasteiger partial charge in [-0.1, -0.05) is 37.5 Å². The first-order valence-electron chi connectivity index (χ1n) is 14.1. The third kappa shape index (κ3) is 4.54. The predicted molar refractivity (Wildman–Crippen MR) is 147 cm³/mol. The van der Waals surface area contributed by atoms with Crippen LogP contribution in [0.5, 0.6) is 5.75 Å². The van der Waals surface area contributed by atoms with Crippen LogP contribution in [0.15, 0.2) is 42.5 Å². The largest absolute Gasteiger partial charge is 0.427 e. The monoisotopic (exact) mass is 485 g/mol. The number of nitrogens with zero attached hydrogens (tertiary/aromatic N) is 2. The predicted octanol–water partition coefficient (Wildman–Crippen LogP) is 6.49. The molecule has 0 bridgehead atoms. The molecule has 1 saturated carbocycles. The number of anilines is 1. The molecule has 0 atom stereocenters. The van der Waals surface area contributed by atoms with E-state index in [2.05, 4.69) is 51.2 Å². The number of esters is 1. The van der Waals surface area contributed by atoms with E-state index in [1.807, 2.05) is 6.07 Å². The lowest BCUT2D eigenvalue weighted by Gasteiger charge is -2.29. The standard InChI is InChI=1S/C31H39N3O2/c1-22(35)36-25-11-12-26-29(21-25)34-20-19-33(18-15-23-13-16-32-17-14-23)28-10-6-5-9-27(28)31(34)30(26)24-7-3-2-4-8-24/h5-6,9-12,21,23-24,32H,2-4,7-8,13-20H2,1H3. The fraction of sp³-hybridized carbons (Fsp3) is 0.516. The molecule has 2 aliphatic heterocycles. The molecular formula is C31H39N3O2. The number of ether oxygens (including phenoxy) is 1. The summed E-state index contributed by atoms with van der Waals surface area (Å²) < 4.78 is 8.07. The molecule has 36 heavy (non-hydrogen) atoms. The Labute approximate surface area is 214 Å². The van der Waals surface area contributed by atoms with Gasteiger partial charge in [-0.15, -0.1) is 0 Å². The molecule has 0 radical (unpaired) electrons. The van der Waals surface area contributed by atoms with Crippen molar-refractivity contribution in [3.63, 3.8) is 0 Å². The summed E-state index contributed by atoms with van der Waals surface area (Å²) in [5.74, 6) is 1.79. The molecule has 1 aliphatic carbocycles. The van der Waals surface area contributed by atoms with E-state index in [9.17, 15) is 4.79 Å². The smallest absolute Gasteiger partial charge is 0.308 e. The molecule has 1 saturated heterocycles. The van der Waals surface area contributed by atoms with Gasteiger partial charge in [0.25, 0.3) is 0 Å². The summed E-state index contributed by atoms with van der Waals surface area (Å²) in [4.78, 5) is 14.4. The second kappa shape index (κ2) is 10.3. The average Bonchev–Trinajstić information content (AvgIpc) is 3.13. The van der Waals surface area contributed by atoms with Crippen molar-refractivity contribution < 1.29 is 9.53 Å². The number of aromatic nitrogens is 1. The Morgan fingerprint density at radius 3 is 2.61 bits per heavy atom. The van der Waals surface area contributed by atoms with E-state index in [-0.39, 0.29) is 5.97 Å². The summed E-state index contributed by atoms with van der Waals surface area (Å²) in [6.07, 6.45) is 10.4. The van der Waals surface area contributed by atoms with Crippen LogP contribution in [0.1, 0.15) is 69.8 Å². The van der Waals surface area contributed by atoms with Crippen molar-refractivity contribution in [2.24, 2.45) is 5.92 Å². The highest BCUT2D eigenvalue weighted by atomic mass is 16.5. The fourth-order valence-electron chi connectivity index (χ4n) is 6.94. The van der Waals surface area contributed by atoms with E-state index in [0.717, 1.165) is 38.6 Å². The van der Waals surface area contributed by atoms with E-state index >= 15 is 0 Å². The summed E-state index contributed by atoms with van der Waals surface area (Å²) in [6, 6.07) is 15.4. The van der Waals surface area contributed by atoms with Gasteiger partial charge in [0.05, 0.1) is 11.2 Å². The number of nitrogens with one attached hydrogen (secondary N) is 1. The maximum absolute atomic E-state index is 11.7. The molecule has 1 N–H and O–H groups in total. The highest BCUT2D eigenvalue weighted by Gasteiger charge is 2.30.